The summed E-state index contributed by atoms with van der Waals surface area (Å²) in [6.07, 6.45) is 1.34. The van der Waals surface area contributed by atoms with Crippen LogP contribution in [0.2, 0.25) is 0 Å². The molecule has 5 nitrogen and oxygen atoms in total. The number of carbonyl (C=O) groups is 1. The number of aromatic nitrogens is 1. The molecule has 1 N–H and O–H groups in total. The number of hydrogen-bond acceptors (Lipinski definition) is 4. The molecule has 6 heteroatoms. The fraction of sp³-hybridized carbons (Fsp3) is 0.0714. The van der Waals surface area contributed by atoms with E-state index in [1.54, 1.807) is 0 Å². The monoisotopic (exact) mass is 272 g/mol. The Balaban J connectivity index is 2.19. The van der Waals surface area contributed by atoms with Crippen molar-refractivity contribution in [2.45, 2.75) is 6.61 Å². The third-order valence-electron chi connectivity index (χ3n) is 2.45. The van der Waals surface area contributed by atoms with E-state index in [0.717, 1.165) is 6.07 Å². The number of aromatic carboxylic acids is 1. The predicted octanol–water partition coefficient (Wildman–Crippen LogP) is 2.37. The van der Waals surface area contributed by atoms with E-state index < -0.39 is 11.8 Å². The van der Waals surface area contributed by atoms with Gasteiger partial charge in [0.15, 0.2) is 11.4 Å². The molecule has 20 heavy (non-hydrogen) atoms. The van der Waals surface area contributed by atoms with Gasteiger partial charge in [-0.2, -0.15) is 5.26 Å². The molecule has 0 bridgehead atoms. The number of benzene rings is 1. The Kier molecular flexibility index (Phi) is 3.91. The fourth-order valence-electron chi connectivity index (χ4n) is 1.63. The Morgan fingerprint density at radius 2 is 2.25 bits per heavy atom. The van der Waals surface area contributed by atoms with Gasteiger partial charge in [-0.25, -0.2) is 14.2 Å². The van der Waals surface area contributed by atoms with Gasteiger partial charge in [0.05, 0.1) is 11.6 Å². The molecule has 1 aromatic heterocycles. The number of nitriles is 1. The van der Waals surface area contributed by atoms with E-state index in [0.29, 0.717) is 5.56 Å². The average Bonchev–Trinajstić information content (AvgIpc) is 2.44. The van der Waals surface area contributed by atoms with Crippen molar-refractivity contribution in [1.29, 1.82) is 5.26 Å². The van der Waals surface area contributed by atoms with Crippen LogP contribution in [-0.2, 0) is 6.61 Å². The van der Waals surface area contributed by atoms with Gasteiger partial charge >= 0.3 is 5.97 Å². The first-order valence-corrected chi connectivity index (χ1v) is 5.61. The number of halogens is 1. The number of rotatable bonds is 4. The van der Waals surface area contributed by atoms with Crippen molar-refractivity contribution in [2.24, 2.45) is 0 Å². The van der Waals surface area contributed by atoms with Crippen molar-refractivity contribution in [3.05, 3.63) is 59.2 Å². The quantitative estimate of drug-likeness (QED) is 0.923. The molecule has 0 atom stereocenters. The molecule has 1 aromatic carbocycles. The lowest BCUT2D eigenvalue weighted by molar-refractivity contribution is 0.0685. The highest BCUT2D eigenvalue weighted by Crippen LogP contribution is 2.18. The second-order valence-electron chi connectivity index (χ2n) is 3.90. The number of ether oxygens (including phenoxy) is 1. The summed E-state index contributed by atoms with van der Waals surface area (Å²) in [5.41, 5.74) is 0.388. The molecule has 0 aliphatic rings. The molecule has 0 spiro atoms. The molecular formula is C14H9FN2O3. The van der Waals surface area contributed by atoms with Gasteiger partial charge in [0.25, 0.3) is 0 Å². The predicted molar refractivity (Wildman–Crippen MR) is 66.6 cm³/mol. The highest BCUT2D eigenvalue weighted by Gasteiger charge is 2.12. The van der Waals surface area contributed by atoms with Crippen molar-refractivity contribution in [3.63, 3.8) is 0 Å². The standard InChI is InChI=1S/C14H9FN2O3/c15-11-5-9(7-16)4-10(6-11)8-20-12-2-1-3-17-13(12)14(18)19/h1-6H,8H2,(H,18,19). The van der Waals surface area contributed by atoms with Gasteiger partial charge < -0.3 is 9.84 Å². The summed E-state index contributed by atoms with van der Waals surface area (Å²) in [5, 5.41) is 17.7. The van der Waals surface area contributed by atoms with E-state index in [1.807, 2.05) is 6.07 Å². The Hall–Kier alpha value is -2.94. The summed E-state index contributed by atoms with van der Waals surface area (Å²) >= 11 is 0. The van der Waals surface area contributed by atoms with E-state index in [2.05, 4.69) is 4.98 Å². The first kappa shape index (κ1) is 13.5. The Bertz CT molecular complexity index is 695. The summed E-state index contributed by atoms with van der Waals surface area (Å²) in [6.45, 7) is -0.0571. The third kappa shape index (κ3) is 3.09. The molecular weight excluding hydrogens is 263 g/mol. The molecule has 0 aliphatic heterocycles. The fourth-order valence-corrected chi connectivity index (χ4v) is 1.63. The largest absolute Gasteiger partial charge is 0.486 e. The summed E-state index contributed by atoms with van der Waals surface area (Å²) in [4.78, 5) is 14.6. The third-order valence-corrected chi connectivity index (χ3v) is 2.45. The maximum absolute atomic E-state index is 13.2. The van der Waals surface area contributed by atoms with Crippen molar-refractivity contribution in [2.75, 3.05) is 0 Å². The van der Waals surface area contributed by atoms with Crippen LogP contribution in [0.25, 0.3) is 0 Å². The molecule has 2 rings (SSSR count). The molecule has 0 radical (unpaired) electrons. The number of pyridine rings is 1. The van der Waals surface area contributed by atoms with E-state index in [9.17, 15) is 9.18 Å². The zero-order valence-electron chi connectivity index (χ0n) is 10.2. The van der Waals surface area contributed by atoms with Crippen molar-refractivity contribution in [3.8, 4) is 11.8 Å². The lowest BCUT2D eigenvalue weighted by Gasteiger charge is -2.08. The Labute approximate surface area is 113 Å². The van der Waals surface area contributed by atoms with Crippen LogP contribution in [0.5, 0.6) is 5.75 Å². The molecule has 0 unspecified atom stereocenters. The Morgan fingerprint density at radius 3 is 2.95 bits per heavy atom. The van der Waals surface area contributed by atoms with E-state index in [1.165, 1.54) is 30.5 Å². The lowest BCUT2D eigenvalue weighted by atomic mass is 10.1. The molecule has 0 aliphatic carbocycles. The molecule has 100 valence electrons. The van der Waals surface area contributed by atoms with Crippen LogP contribution in [0.3, 0.4) is 0 Å². The second-order valence-corrected chi connectivity index (χ2v) is 3.90. The number of carboxylic acid groups (broad SMARTS) is 1. The second kappa shape index (κ2) is 5.80. The topological polar surface area (TPSA) is 83.2 Å². The summed E-state index contributed by atoms with van der Waals surface area (Å²) in [6, 6.07) is 8.63. The first-order chi connectivity index (χ1) is 9.60. The maximum atomic E-state index is 13.2. The van der Waals surface area contributed by atoms with Gasteiger partial charge in [0, 0.05) is 6.20 Å². The van der Waals surface area contributed by atoms with Crippen LogP contribution < -0.4 is 4.74 Å². The van der Waals surface area contributed by atoms with Gasteiger partial charge in [-0.3, -0.25) is 0 Å². The van der Waals surface area contributed by atoms with E-state index >= 15 is 0 Å². The minimum absolute atomic E-state index is 0.0571. The molecule has 1 heterocycles. The SMILES string of the molecule is N#Cc1cc(F)cc(COc2cccnc2C(=O)O)c1. The van der Waals surface area contributed by atoms with Crippen LogP contribution in [0.4, 0.5) is 4.39 Å². The summed E-state index contributed by atoms with van der Waals surface area (Å²) in [5.74, 6) is -1.67. The summed E-state index contributed by atoms with van der Waals surface area (Å²) < 4.78 is 18.6. The number of carboxylic acids is 1. The number of nitrogens with zero attached hydrogens (tertiary/aromatic N) is 2. The van der Waals surface area contributed by atoms with Crippen molar-refractivity contribution < 1.29 is 19.0 Å². The first-order valence-electron chi connectivity index (χ1n) is 5.61. The van der Waals surface area contributed by atoms with Gasteiger partial charge in [-0.1, -0.05) is 0 Å². The molecule has 0 amide bonds. The zero-order chi connectivity index (χ0) is 14.5. The van der Waals surface area contributed by atoms with Crippen LogP contribution in [-0.4, -0.2) is 16.1 Å². The van der Waals surface area contributed by atoms with E-state index in [4.69, 9.17) is 15.1 Å². The lowest BCUT2D eigenvalue weighted by Crippen LogP contribution is -2.05. The van der Waals surface area contributed by atoms with Crippen LogP contribution in [0, 0.1) is 17.1 Å². The molecule has 2 aromatic rings. The van der Waals surface area contributed by atoms with Crippen LogP contribution >= 0.6 is 0 Å². The summed E-state index contributed by atoms with van der Waals surface area (Å²) in [7, 11) is 0. The molecule has 0 fully saturated rings. The minimum Gasteiger partial charge on any atom is -0.486 e. The average molecular weight is 272 g/mol. The molecule has 0 saturated carbocycles. The normalized spacial score (nSPS) is 9.80. The van der Waals surface area contributed by atoms with Gasteiger partial charge in [0.2, 0.25) is 0 Å². The van der Waals surface area contributed by atoms with Crippen molar-refractivity contribution >= 4 is 5.97 Å². The highest BCUT2D eigenvalue weighted by molar-refractivity contribution is 5.88. The molecule has 0 saturated heterocycles. The number of hydrogen-bond donors (Lipinski definition) is 1. The maximum Gasteiger partial charge on any atom is 0.358 e. The van der Waals surface area contributed by atoms with Crippen molar-refractivity contribution in [1.82, 2.24) is 4.98 Å². The van der Waals surface area contributed by atoms with Gasteiger partial charge in [-0.15, -0.1) is 0 Å². The Morgan fingerprint density at radius 1 is 1.45 bits per heavy atom. The van der Waals surface area contributed by atoms with Crippen LogP contribution in [0.15, 0.2) is 36.5 Å². The zero-order valence-corrected chi connectivity index (χ0v) is 10.2. The van der Waals surface area contributed by atoms with E-state index in [-0.39, 0.29) is 23.6 Å². The smallest absolute Gasteiger partial charge is 0.358 e. The highest BCUT2D eigenvalue weighted by atomic mass is 19.1. The van der Waals surface area contributed by atoms with Gasteiger partial charge in [-0.05, 0) is 35.9 Å². The minimum atomic E-state index is -1.21. The van der Waals surface area contributed by atoms with Crippen LogP contribution in [0.1, 0.15) is 21.6 Å². The van der Waals surface area contributed by atoms with Gasteiger partial charge in [0.1, 0.15) is 12.4 Å².